The van der Waals surface area contributed by atoms with E-state index in [1.165, 1.54) is 12.0 Å². The highest BCUT2D eigenvalue weighted by atomic mass is 35.5. The minimum Gasteiger partial charge on any atom is -0.315 e. The van der Waals surface area contributed by atoms with Crippen LogP contribution in [0.15, 0.2) is 24.3 Å². The van der Waals surface area contributed by atoms with Crippen LogP contribution in [0.2, 0.25) is 5.02 Å². The molecule has 1 unspecified atom stereocenters. The van der Waals surface area contributed by atoms with E-state index in [4.69, 9.17) is 11.6 Å². The van der Waals surface area contributed by atoms with E-state index in [1.54, 1.807) is 0 Å². The van der Waals surface area contributed by atoms with Crippen molar-refractivity contribution in [2.24, 2.45) is 0 Å². The van der Waals surface area contributed by atoms with Crippen LogP contribution in [-0.4, -0.2) is 19.1 Å². The minimum atomic E-state index is 0.477. The van der Waals surface area contributed by atoms with Crippen molar-refractivity contribution in [1.82, 2.24) is 10.6 Å². The Bertz CT molecular complexity index is 302. The molecule has 1 aromatic rings. The molecule has 0 fully saturated rings. The molecule has 0 saturated carbocycles. The third-order valence-electron chi connectivity index (χ3n) is 2.42. The van der Waals surface area contributed by atoms with Crippen molar-refractivity contribution in [2.75, 3.05) is 13.1 Å². The number of rotatable bonds is 7. The fourth-order valence-corrected chi connectivity index (χ4v) is 1.72. The molecular weight excluding hydrogens is 220 g/mol. The molecule has 0 aliphatic carbocycles. The van der Waals surface area contributed by atoms with Crippen molar-refractivity contribution in [3.8, 4) is 0 Å². The summed E-state index contributed by atoms with van der Waals surface area (Å²) in [4.78, 5) is 0. The van der Waals surface area contributed by atoms with Crippen LogP contribution in [0.4, 0.5) is 0 Å². The lowest BCUT2D eigenvalue weighted by molar-refractivity contribution is 0.501. The smallest absolute Gasteiger partial charge is 0.0409 e. The second-order valence-corrected chi connectivity index (χ2v) is 4.55. The molecule has 90 valence electrons. The van der Waals surface area contributed by atoms with Crippen molar-refractivity contribution in [1.29, 1.82) is 0 Å². The Kier molecular flexibility index (Phi) is 6.46. The fraction of sp³-hybridized carbons (Fsp3) is 0.538. The second-order valence-electron chi connectivity index (χ2n) is 4.12. The van der Waals surface area contributed by atoms with Gasteiger partial charge in [0.1, 0.15) is 0 Å². The zero-order valence-corrected chi connectivity index (χ0v) is 10.8. The monoisotopic (exact) mass is 240 g/mol. The Hall–Kier alpha value is -0.570. The lowest BCUT2D eigenvalue weighted by Crippen LogP contribution is -2.36. The van der Waals surface area contributed by atoms with Gasteiger partial charge in [0.15, 0.2) is 0 Å². The first-order valence-corrected chi connectivity index (χ1v) is 6.28. The van der Waals surface area contributed by atoms with Gasteiger partial charge in [-0.15, -0.1) is 0 Å². The molecule has 3 heteroatoms. The molecule has 1 aromatic carbocycles. The zero-order valence-electron chi connectivity index (χ0n) is 10.1. The Morgan fingerprint density at radius 3 is 2.88 bits per heavy atom. The largest absolute Gasteiger partial charge is 0.315 e. The molecule has 16 heavy (non-hydrogen) atoms. The SMILES string of the molecule is CCCNCC(C)NCc1cccc(Cl)c1. The van der Waals surface area contributed by atoms with E-state index >= 15 is 0 Å². The zero-order chi connectivity index (χ0) is 11.8. The Morgan fingerprint density at radius 2 is 2.19 bits per heavy atom. The predicted octanol–water partition coefficient (Wildman–Crippen LogP) is 2.82. The Morgan fingerprint density at radius 1 is 1.38 bits per heavy atom. The molecule has 2 nitrogen and oxygen atoms in total. The summed E-state index contributed by atoms with van der Waals surface area (Å²) >= 11 is 5.92. The maximum atomic E-state index is 5.92. The van der Waals surface area contributed by atoms with E-state index in [9.17, 15) is 0 Å². The van der Waals surface area contributed by atoms with Crippen molar-refractivity contribution < 1.29 is 0 Å². The van der Waals surface area contributed by atoms with Gasteiger partial charge in [0.05, 0.1) is 0 Å². The summed E-state index contributed by atoms with van der Waals surface area (Å²) < 4.78 is 0. The van der Waals surface area contributed by atoms with Gasteiger partial charge in [-0.25, -0.2) is 0 Å². The van der Waals surface area contributed by atoms with Gasteiger partial charge < -0.3 is 10.6 Å². The van der Waals surface area contributed by atoms with E-state index in [2.05, 4.69) is 30.5 Å². The van der Waals surface area contributed by atoms with Gasteiger partial charge in [0, 0.05) is 24.2 Å². The normalized spacial score (nSPS) is 12.7. The molecule has 0 aliphatic heterocycles. The topological polar surface area (TPSA) is 24.1 Å². The highest BCUT2D eigenvalue weighted by Gasteiger charge is 2.00. The summed E-state index contributed by atoms with van der Waals surface area (Å²) in [5.41, 5.74) is 1.23. The van der Waals surface area contributed by atoms with Crippen molar-refractivity contribution in [2.45, 2.75) is 32.9 Å². The Balaban J connectivity index is 2.23. The first-order chi connectivity index (χ1) is 7.72. The summed E-state index contributed by atoms with van der Waals surface area (Å²) in [5.74, 6) is 0. The van der Waals surface area contributed by atoms with Gasteiger partial charge in [-0.3, -0.25) is 0 Å². The average molecular weight is 241 g/mol. The van der Waals surface area contributed by atoms with Crippen LogP contribution in [0.3, 0.4) is 0 Å². The van der Waals surface area contributed by atoms with Gasteiger partial charge in [0.2, 0.25) is 0 Å². The molecule has 0 amide bonds. The molecule has 0 aliphatic rings. The van der Waals surface area contributed by atoms with E-state index in [0.717, 1.165) is 24.7 Å². The molecule has 1 rings (SSSR count). The molecule has 0 bridgehead atoms. The molecule has 0 heterocycles. The lowest BCUT2D eigenvalue weighted by atomic mass is 10.2. The van der Waals surface area contributed by atoms with Crippen LogP contribution in [0.5, 0.6) is 0 Å². The molecule has 0 aromatic heterocycles. The number of hydrogen-bond donors (Lipinski definition) is 2. The van der Waals surface area contributed by atoms with Crippen LogP contribution >= 0.6 is 11.6 Å². The van der Waals surface area contributed by atoms with Gasteiger partial charge in [-0.05, 0) is 37.6 Å². The summed E-state index contributed by atoms with van der Waals surface area (Å²) in [6.45, 7) is 7.33. The highest BCUT2D eigenvalue weighted by Crippen LogP contribution is 2.10. The van der Waals surface area contributed by atoms with E-state index in [0.29, 0.717) is 6.04 Å². The average Bonchev–Trinajstić information content (AvgIpc) is 2.27. The first kappa shape index (κ1) is 13.5. The standard InChI is InChI=1S/C13H21ClN2/c1-3-7-15-9-11(2)16-10-12-5-4-6-13(14)8-12/h4-6,8,11,15-16H,3,7,9-10H2,1-2H3. The maximum Gasteiger partial charge on any atom is 0.0409 e. The fourth-order valence-electron chi connectivity index (χ4n) is 1.51. The number of hydrogen-bond acceptors (Lipinski definition) is 2. The molecule has 0 radical (unpaired) electrons. The van der Waals surface area contributed by atoms with Gasteiger partial charge in [-0.2, -0.15) is 0 Å². The van der Waals surface area contributed by atoms with Gasteiger partial charge >= 0.3 is 0 Å². The van der Waals surface area contributed by atoms with E-state index < -0.39 is 0 Å². The predicted molar refractivity (Wildman–Crippen MR) is 70.9 cm³/mol. The summed E-state index contributed by atoms with van der Waals surface area (Å²) in [6.07, 6.45) is 1.18. The molecule has 0 spiro atoms. The van der Waals surface area contributed by atoms with Crippen LogP contribution in [0, 0.1) is 0 Å². The maximum absolute atomic E-state index is 5.92. The molecule has 0 saturated heterocycles. The number of nitrogens with one attached hydrogen (secondary N) is 2. The third kappa shape index (κ3) is 5.50. The lowest BCUT2D eigenvalue weighted by Gasteiger charge is -2.14. The molecule has 1 atom stereocenters. The summed E-state index contributed by atoms with van der Waals surface area (Å²) in [5, 5.41) is 7.66. The third-order valence-corrected chi connectivity index (χ3v) is 2.66. The van der Waals surface area contributed by atoms with Gasteiger partial charge in [-0.1, -0.05) is 30.7 Å². The van der Waals surface area contributed by atoms with Crippen molar-refractivity contribution in [3.63, 3.8) is 0 Å². The number of benzene rings is 1. The van der Waals surface area contributed by atoms with Gasteiger partial charge in [0.25, 0.3) is 0 Å². The van der Waals surface area contributed by atoms with Crippen LogP contribution < -0.4 is 10.6 Å². The van der Waals surface area contributed by atoms with Crippen LogP contribution in [0.25, 0.3) is 0 Å². The van der Waals surface area contributed by atoms with Crippen LogP contribution in [-0.2, 0) is 6.54 Å². The summed E-state index contributed by atoms with van der Waals surface area (Å²) in [7, 11) is 0. The van der Waals surface area contributed by atoms with E-state index in [-0.39, 0.29) is 0 Å². The summed E-state index contributed by atoms with van der Waals surface area (Å²) in [6, 6.07) is 8.45. The first-order valence-electron chi connectivity index (χ1n) is 5.91. The Labute approximate surface area is 103 Å². The molecular formula is C13H21ClN2. The molecule has 2 N–H and O–H groups in total. The van der Waals surface area contributed by atoms with Crippen molar-refractivity contribution >= 4 is 11.6 Å². The number of halogens is 1. The minimum absolute atomic E-state index is 0.477. The second kappa shape index (κ2) is 7.66. The van der Waals surface area contributed by atoms with E-state index in [1.807, 2.05) is 18.2 Å². The quantitative estimate of drug-likeness (QED) is 0.717. The van der Waals surface area contributed by atoms with Crippen LogP contribution in [0.1, 0.15) is 25.8 Å². The van der Waals surface area contributed by atoms with Crippen molar-refractivity contribution in [3.05, 3.63) is 34.9 Å². The highest BCUT2D eigenvalue weighted by molar-refractivity contribution is 6.30.